The fourth-order valence-corrected chi connectivity index (χ4v) is 4.75. The van der Waals surface area contributed by atoms with Crippen LogP contribution in [0.5, 0.6) is 11.5 Å². The van der Waals surface area contributed by atoms with E-state index in [1.54, 1.807) is 24.3 Å². The van der Waals surface area contributed by atoms with Gasteiger partial charge in [0.2, 0.25) is 11.8 Å². The van der Waals surface area contributed by atoms with E-state index in [0.717, 1.165) is 8.95 Å². The predicted octanol–water partition coefficient (Wildman–Crippen LogP) is 4.92. The lowest BCUT2D eigenvalue weighted by molar-refractivity contribution is -0.122. The second kappa shape index (κ2) is 12.3. The first-order valence-electron chi connectivity index (χ1n) is 8.67. The standard InChI is InChI=1S/C19H16Br4N4O4/c20-12-4-10(18(30)14(22)6-12)8-24-26-16(28)2-1-3-17(29)27-25-9-11-5-13(21)7-15(23)19(11)31/h4-9,30-31H,1-3H2,(H,26,28)(H,27,29)/b24-8+,25-9+. The number of halogens is 4. The fourth-order valence-electron chi connectivity index (χ4n) is 2.24. The molecule has 0 aliphatic heterocycles. The van der Waals surface area contributed by atoms with E-state index in [1.807, 2.05) is 0 Å². The molecule has 0 aliphatic carbocycles. The minimum Gasteiger partial charge on any atom is -0.506 e. The number of nitrogens with one attached hydrogen (secondary N) is 2. The molecule has 0 aliphatic rings. The van der Waals surface area contributed by atoms with Gasteiger partial charge in [-0.05, 0) is 62.5 Å². The average Bonchev–Trinajstić information content (AvgIpc) is 2.69. The number of benzene rings is 2. The second-order valence-electron chi connectivity index (χ2n) is 6.09. The van der Waals surface area contributed by atoms with Gasteiger partial charge in [0, 0.05) is 32.9 Å². The van der Waals surface area contributed by atoms with Crippen molar-refractivity contribution in [2.45, 2.75) is 19.3 Å². The highest BCUT2D eigenvalue weighted by Crippen LogP contribution is 2.31. The van der Waals surface area contributed by atoms with Gasteiger partial charge in [-0.3, -0.25) is 9.59 Å². The molecule has 0 fully saturated rings. The van der Waals surface area contributed by atoms with Crippen LogP contribution in [-0.2, 0) is 9.59 Å². The molecule has 2 rings (SSSR count). The van der Waals surface area contributed by atoms with Crippen molar-refractivity contribution >= 4 is 88.0 Å². The monoisotopic (exact) mass is 680 g/mol. The van der Waals surface area contributed by atoms with E-state index in [2.05, 4.69) is 84.8 Å². The number of hydrogen-bond acceptors (Lipinski definition) is 6. The summed E-state index contributed by atoms with van der Waals surface area (Å²) in [7, 11) is 0. The summed E-state index contributed by atoms with van der Waals surface area (Å²) in [6.45, 7) is 0. The van der Waals surface area contributed by atoms with Gasteiger partial charge in [-0.1, -0.05) is 31.9 Å². The molecule has 0 radical (unpaired) electrons. The van der Waals surface area contributed by atoms with Gasteiger partial charge in [0.15, 0.2) is 0 Å². The van der Waals surface area contributed by atoms with E-state index >= 15 is 0 Å². The average molecular weight is 684 g/mol. The molecule has 2 aromatic carbocycles. The molecule has 0 saturated carbocycles. The van der Waals surface area contributed by atoms with Crippen LogP contribution in [0.25, 0.3) is 0 Å². The number of hydrazone groups is 2. The summed E-state index contributed by atoms with van der Waals surface area (Å²) in [6.07, 6.45) is 3.11. The van der Waals surface area contributed by atoms with E-state index in [9.17, 15) is 19.8 Å². The van der Waals surface area contributed by atoms with Crippen LogP contribution in [0, 0.1) is 0 Å². The van der Waals surface area contributed by atoms with Crippen molar-refractivity contribution in [2.75, 3.05) is 0 Å². The van der Waals surface area contributed by atoms with Crippen molar-refractivity contribution in [2.24, 2.45) is 10.2 Å². The summed E-state index contributed by atoms with van der Waals surface area (Å²) in [6, 6.07) is 6.65. The number of carbonyl (C=O) groups is 2. The number of rotatable bonds is 8. The molecular formula is C19H16Br4N4O4. The van der Waals surface area contributed by atoms with Gasteiger partial charge in [-0.2, -0.15) is 10.2 Å². The van der Waals surface area contributed by atoms with Crippen LogP contribution >= 0.6 is 63.7 Å². The third-order valence-corrected chi connectivity index (χ3v) is 5.83. The zero-order chi connectivity index (χ0) is 23.0. The predicted molar refractivity (Wildman–Crippen MR) is 132 cm³/mol. The summed E-state index contributed by atoms with van der Waals surface area (Å²) in [4.78, 5) is 23.7. The Morgan fingerprint density at radius 2 is 1.16 bits per heavy atom. The van der Waals surface area contributed by atoms with Gasteiger partial charge in [0.1, 0.15) is 11.5 Å². The molecule has 2 aromatic rings. The third kappa shape index (κ3) is 8.36. The van der Waals surface area contributed by atoms with Gasteiger partial charge in [-0.25, -0.2) is 10.9 Å². The van der Waals surface area contributed by atoms with E-state index in [1.165, 1.54) is 12.4 Å². The van der Waals surface area contributed by atoms with Crippen LogP contribution in [-0.4, -0.2) is 34.5 Å². The lowest BCUT2D eigenvalue weighted by Crippen LogP contribution is -2.20. The minimum absolute atomic E-state index is 0.00182. The molecule has 0 saturated heterocycles. The lowest BCUT2D eigenvalue weighted by Gasteiger charge is -2.04. The number of nitrogens with zero attached hydrogens (tertiary/aromatic N) is 2. The van der Waals surface area contributed by atoms with Gasteiger partial charge in [0.25, 0.3) is 0 Å². The molecule has 0 unspecified atom stereocenters. The molecule has 0 spiro atoms. The molecular weight excluding hydrogens is 668 g/mol. The summed E-state index contributed by atoms with van der Waals surface area (Å²) < 4.78 is 2.46. The zero-order valence-corrected chi connectivity index (χ0v) is 22.0. The molecule has 0 bridgehead atoms. The molecule has 164 valence electrons. The van der Waals surface area contributed by atoms with Crippen LogP contribution in [0.1, 0.15) is 30.4 Å². The Bertz CT molecular complexity index is 963. The van der Waals surface area contributed by atoms with Crippen LogP contribution in [0.15, 0.2) is 52.4 Å². The Hall–Kier alpha value is -1.76. The highest BCUT2D eigenvalue weighted by atomic mass is 79.9. The van der Waals surface area contributed by atoms with Gasteiger partial charge < -0.3 is 10.2 Å². The van der Waals surface area contributed by atoms with Crippen LogP contribution in [0.4, 0.5) is 0 Å². The zero-order valence-electron chi connectivity index (χ0n) is 15.7. The summed E-state index contributed by atoms with van der Waals surface area (Å²) in [5.41, 5.74) is 5.52. The number of amides is 2. The van der Waals surface area contributed by atoms with E-state index in [0.29, 0.717) is 26.5 Å². The van der Waals surface area contributed by atoms with Gasteiger partial charge >= 0.3 is 0 Å². The number of carbonyl (C=O) groups excluding carboxylic acids is 2. The normalized spacial score (nSPS) is 11.2. The van der Waals surface area contributed by atoms with E-state index in [-0.39, 0.29) is 36.2 Å². The van der Waals surface area contributed by atoms with Crippen molar-refractivity contribution in [3.63, 3.8) is 0 Å². The maximum atomic E-state index is 11.8. The van der Waals surface area contributed by atoms with E-state index < -0.39 is 0 Å². The Labute approximate surface area is 211 Å². The maximum Gasteiger partial charge on any atom is 0.240 e. The quantitative estimate of drug-likeness (QED) is 0.233. The van der Waals surface area contributed by atoms with Crippen molar-refractivity contribution in [1.29, 1.82) is 0 Å². The molecule has 0 atom stereocenters. The molecule has 4 N–H and O–H groups in total. The van der Waals surface area contributed by atoms with Gasteiger partial charge in [0.05, 0.1) is 21.4 Å². The molecule has 2 amide bonds. The topological polar surface area (TPSA) is 123 Å². The Morgan fingerprint density at radius 1 is 0.774 bits per heavy atom. The highest BCUT2D eigenvalue weighted by Gasteiger charge is 2.08. The second-order valence-corrected chi connectivity index (χ2v) is 9.63. The molecule has 0 aromatic heterocycles. The number of aromatic hydroxyl groups is 2. The van der Waals surface area contributed by atoms with Crippen LogP contribution < -0.4 is 10.9 Å². The first kappa shape index (κ1) is 25.5. The summed E-state index contributed by atoms with van der Waals surface area (Å²) >= 11 is 13.0. The Morgan fingerprint density at radius 3 is 1.55 bits per heavy atom. The number of phenolic OH excluding ortho intramolecular Hbond substituents is 2. The fraction of sp³-hybridized carbons (Fsp3) is 0.158. The summed E-state index contributed by atoms with van der Waals surface area (Å²) in [5.74, 6) is -0.737. The van der Waals surface area contributed by atoms with Gasteiger partial charge in [-0.15, -0.1) is 0 Å². The smallest absolute Gasteiger partial charge is 0.240 e. The van der Waals surface area contributed by atoms with Crippen molar-refractivity contribution < 1.29 is 19.8 Å². The Kier molecular flexibility index (Phi) is 10.1. The number of hydrogen-bond donors (Lipinski definition) is 4. The third-order valence-electron chi connectivity index (χ3n) is 3.71. The number of phenols is 2. The molecule has 0 heterocycles. The van der Waals surface area contributed by atoms with Crippen LogP contribution in [0.2, 0.25) is 0 Å². The van der Waals surface area contributed by atoms with Crippen LogP contribution in [0.3, 0.4) is 0 Å². The highest BCUT2D eigenvalue weighted by molar-refractivity contribution is 9.11. The van der Waals surface area contributed by atoms with Crippen molar-refractivity contribution in [3.05, 3.63) is 53.3 Å². The first-order chi connectivity index (χ1) is 14.7. The Balaban J connectivity index is 1.74. The maximum absolute atomic E-state index is 11.8. The lowest BCUT2D eigenvalue weighted by atomic mass is 10.2. The summed E-state index contributed by atoms with van der Waals surface area (Å²) in [5, 5.41) is 27.5. The molecule has 8 nitrogen and oxygen atoms in total. The first-order valence-corrected chi connectivity index (χ1v) is 11.8. The van der Waals surface area contributed by atoms with E-state index in [4.69, 9.17) is 0 Å². The largest absolute Gasteiger partial charge is 0.506 e. The minimum atomic E-state index is -0.370. The van der Waals surface area contributed by atoms with Crippen molar-refractivity contribution in [1.82, 2.24) is 10.9 Å². The molecule has 31 heavy (non-hydrogen) atoms. The SMILES string of the molecule is O=C(CCCC(=O)N/N=C/c1cc(Br)cc(Br)c1O)N/N=C/c1cc(Br)cc(Br)c1O. The molecule has 12 heteroatoms. The van der Waals surface area contributed by atoms with Crippen molar-refractivity contribution in [3.8, 4) is 11.5 Å².